The van der Waals surface area contributed by atoms with E-state index < -0.39 is 0 Å². The zero-order valence-electron chi connectivity index (χ0n) is 15.8. The second-order valence-electron chi connectivity index (χ2n) is 7.26. The smallest absolute Gasteiger partial charge is 0.267 e. The summed E-state index contributed by atoms with van der Waals surface area (Å²) < 4.78 is 0. The quantitative estimate of drug-likeness (QED) is 0.623. The molecule has 0 spiro atoms. The number of nitriles is 1. The first-order chi connectivity index (χ1) is 11.9. The second kappa shape index (κ2) is 8.71. The van der Waals surface area contributed by atoms with Crippen LogP contribution in [0, 0.1) is 18.3 Å². The third-order valence-electron chi connectivity index (χ3n) is 5.01. The van der Waals surface area contributed by atoms with Crippen LogP contribution in [0.5, 0.6) is 0 Å². The van der Waals surface area contributed by atoms with Gasteiger partial charge in [0.25, 0.3) is 5.91 Å². The molecule has 1 aromatic rings. The highest BCUT2D eigenvalue weighted by Crippen LogP contribution is 2.28. The molecule has 1 aromatic carbocycles. The first-order valence-corrected chi connectivity index (χ1v) is 9.18. The van der Waals surface area contributed by atoms with E-state index in [4.69, 9.17) is 0 Å². The summed E-state index contributed by atoms with van der Waals surface area (Å²) in [7, 11) is 1.97. The van der Waals surface area contributed by atoms with Crippen molar-refractivity contribution in [2.75, 3.05) is 12.4 Å². The average Bonchev–Trinajstić information content (AvgIpc) is 2.61. The average molecular weight is 339 g/mol. The van der Waals surface area contributed by atoms with Gasteiger partial charge in [0.15, 0.2) is 0 Å². The lowest BCUT2D eigenvalue weighted by atomic mass is 9.94. The Morgan fingerprint density at radius 1 is 1.32 bits per heavy atom. The van der Waals surface area contributed by atoms with E-state index in [1.54, 1.807) is 6.20 Å². The Labute approximate surface area is 151 Å². The molecule has 0 bridgehead atoms. The SMILES string of the molecule is Cc1cccc(C(C)C)c1NC(=O)/C(C#N)=C\N(C)C1CCCCC1. The Morgan fingerprint density at radius 2 is 2.00 bits per heavy atom. The number of nitrogens with one attached hydrogen (secondary N) is 1. The highest BCUT2D eigenvalue weighted by Gasteiger charge is 2.19. The minimum absolute atomic E-state index is 0.158. The van der Waals surface area contributed by atoms with E-state index in [0.29, 0.717) is 12.0 Å². The minimum Gasteiger partial charge on any atom is -0.376 e. The maximum absolute atomic E-state index is 12.7. The predicted octanol–water partition coefficient (Wildman–Crippen LogP) is 4.73. The van der Waals surface area contributed by atoms with Crippen molar-refractivity contribution in [2.24, 2.45) is 0 Å². The normalized spacial score (nSPS) is 15.8. The number of hydrogen-bond acceptors (Lipinski definition) is 3. The molecular weight excluding hydrogens is 310 g/mol. The molecule has 25 heavy (non-hydrogen) atoms. The van der Waals surface area contributed by atoms with E-state index in [9.17, 15) is 10.1 Å². The molecule has 0 aromatic heterocycles. The van der Waals surface area contributed by atoms with Crippen molar-refractivity contribution in [3.8, 4) is 6.07 Å². The molecule has 1 aliphatic rings. The number of carbonyl (C=O) groups is 1. The lowest BCUT2D eigenvalue weighted by molar-refractivity contribution is -0.112. The molecule has 0 saturated heterocycles. The van der Waals surface area contributed by atoms with Crippen LogP contribution < -0.4 is 5.32 Å². The molecule has 1 aliphatic carbocycles. The van der Waals surface area contributed by atoms with Gasteiger partial charge >= 0.3 is 0 Å². The van der Waals surface area contributed by atoms with Crippen LogP contribution in [0.25, 0.3) is 0 Å². The number of anilines is 1. The van der Waals surface area contributed by atoms with Gasteiger partial charge in [-0.15, -0.1) is 0 Å². The van der Waals surface area contributed by atoms with Crippen LogP contribution in [-0.4, -0.2) is 23.9 Å². The summed E-state index contributed by atoms with van der Waals surface area (Å²) in [5, 5.41) is 12.4. The van der Waals surface area contributed by atoms with Crippen LogP contribution in [0.1, 0.15) is 63.0 Å². The molecule has 0 radical (unpaired) electrons. The second-order valence-corrected chi connectivity index (χ2v) is 7.26. The summed E-state index contributed by atoms with van der Waals surface area (Å²) in [5.41, 5.74) is 3.08. The highest BCUT2D eigenvalue weighted by atomic mass is 16.1. The molecule has 0 aliphatic heterocycles. The molecule has 0 atom stereocenters. The zero-order valence-corrected chi connectivity index (χ0v) is 15.8. The van der Waals surface area contributed by atoms with Crippen molar-refractivity contribution in [3.63, 3.8) is 0 Å². The summed E-state index contributed by atoms with van der Waals surface area (Å²) in [5.74, 6) is -0.0315. The Hall–Kier alpha value is -2.28. The van der Waals surface area contributed by atoms with Crippen molar-refractivity contribution < 1.29 is 4.79 Å². The lowest BCUT2D eigenvalue weighted by Gasteiger charge is -2.30. The van der Waals surface area contributed by atoms with Gasteiger partial charge in [0.1, 0.15) is 11.6 Å². The summed E-state index contributed by atoms with van der Waals surface area (Å²) in [4.78, 5) is 14.7. The van der Waals surface area contributed by atoms with Crippen molar-refractivity contribution in [1.82, 2.24) is 4.90 Å². The van der Waals surface area contributed by atoms with Crippen LogP contribution in [0.15, 0.2) is 30.0 Å². The van der Waals surface area contributed by atoms with Crippen molar-refractivity contribution in [2.45, 2.75) is 64.8 Å². The Kier molecular flexibility index (Phi) is 6.64. The fourth-order valence-electron chi connectivity index (χ4n) is 3.46. The molecule has 4 heteroatoms. The maximum Gasteiger partial charge on any atom is 0.267 e. The van der Waals surface area contributed by atoms with Crippen LogP contribution in [0.2, 0.25) is 0 Å². The molecule has 134 valence electrons. The molecule has 1 amide bonds. The van der Waals surface area contributed by atoms with Gasteiger partial charge in [-0.3, -0.25) is 4.79 Å². The Balaban J connectivity index is 2.18. The Bertz CT molecular complexity index is 679. The summed E-state index contributed by atoms with van der Waals surface area (Å²) in [6, 6.07) is 8.49. The van der Waals surface area contributed by atoms with E-state index in [-0.39, 0.29) is 11.5 Å². The number of amides is 1. The van der Waals surface area contributed by atoms with E-state index in [0.717, 1.165) is 29.7 Å². The number of aryl methyl sites for hydroxylation is 1. The number of rotatable bonds is 5. The molecule has 4 nitrogen and oxygen atoms in total. The van der Waals surface area contributed by atoms with Crippen LogP contribution in [0.4, 0.5) is 5.69 Å². The van der Waals surface area contributed by atoms with Gasteiger partial charge in [0, 0.05) is 25.0 Å². The molecule has 1 saturated carbocycles. The van der Waals surface area contributed by atoms with E-state index in [1.807, 2.05) is 37.1 Å². The van der Waals surface area contributed by atoms with Gasteiger partial charge in [-0.05, 0) is 36.8 Å². The number of para-hydroxylation sites is 1. The molecule has 1 N–H and O–H groups in total. The van der Waals surface area contributed by atoms with Gasteiger partial charge in [0.05, 0.1) is 0 Å². The zero-order chi connectivity index (χ0) is 18.4. The number of carbonyl (C=O) groups excluding carboxylic acids is 1. The van der Waals surface area contributed by atoms with E-state index >= 15 is 0 Å². The molecule has 1 fully saturated rings. The third kappa shape index (κ3) is 4.85. The lowest BCUT2D eigenvalue weighted by Crippen LogP contribution is -2.30. The number of nitrogens with zero attached hydrogens (tertiary/aromatic N) is 2. The first-order valence-electron chi connectivity index (χ1n) is 9.18. The fourth-order valence-corrected chi connectivity index (χ4v) is 3.46. The fraction of sp³-hybridized carbons (Fsp3) is 0.524. The monoisotopic (exact) mass is 339 g/mol. The van der Waals surface area contributed by atoms with Gasteiger partial charge in [0.2, 0.25) is 0 Å². The first kappa shape index (κ1) is 19.1. The predicted molar refractivity (Wildman–Crippen MR) is 102 cm³/mol. The molecule has 2 rings (SSSR count). The topological polar surface area (TPSA) is 56.1 Å². The standard InChI is InChI=1S/C21H29N3O/c1-15(2)19-12-8-9-16(3)20(19)23-21(25)17(13-22)14-24(4)18-10-6-5-7-11-18/h8-9,12,14-15,18H,5-7,10-11H2,1-4H3,(H,23,25)/b17-14-. The van der Waals surface area contributed by atoms with Crippen LogP contribution in [-0.2, 0) is 4.79 Å². The van der Waals surface area contributed by atoms with Gasteiger partial charge in [-0.25, -0.2) is 0 Å². The largest absolute Gasteiger partial charge is 0.376 e. The van der Waals surface area contributed by atoms with Crippen molar-refractivity contribution >= 4 is 11.6 Å². The Morgan fingerprint density at radius 3 is 2.60 bits per heavy atom. The van der Waals surface area contributed by atoms with Gasteiger partial charge < -0.3 is 10.2 Å². The highest BCUT2D eigenvalue weighted by molar-refractivity contribution is 6.07. The minimum atomic E-state index is -0.332. The summed E-state index contributed by atoms with van der Waals surface area (Å²) >= 11 is 0. The number of benzene rings is 1. The van der Waals surface area contributed by atoms with Crippen LogP contribution >= 0.6 is 0 Å². The number of hydrogen-bond donors (Lipinski definition) is 1. The van der Waals surface area contributed by atoms with Crippen molar-refractivity contribution in [3.05, 3.63) is 41.1 Å². The van der Waals surface area contributed by atoms with Gasteiger partial charge in [-0.1, -0.05) is 51.3 Å². The summed E-state index contributed by atoms with van der Waals surface area (Å²) in [6.45, 7) is 6.18. The summed E-state index contributed by atoms with van der Waals surface area (Å²) in [6.07, 6.45) is 7.69. The van der Waals surface area contributed by atoms with Crippen molar-refractivity contribution in [1.29, 1.82) is 5.26 Å². The molecule has 0 heterocycles. The molecular formula is C21H29N3O. The van der Waals surface area contributed by atoms with Gasteiger partial charge in [-0.2, -0.15) is 5.26 Å². The third-order valence-corrected chi connectivity index (χ3v) is 5.01. The van der Waals surface area contributed by atoms with E-state index in [2.05, 4.69) is 25.2 Å². The van der Waals surface area contributed by atoms with Crippen LogP contribution in [0.3, 0.4) is 0 Å². The maximum atomic E-state index is 12.7. The molecule has 0 unspecified atom stereocenters. The van der Waals surface area contributed by atoms with E-state index in [1.165, 1.54) is 19.3 Å².